The van der Waals surface area contributed by atoms with E-state index in [1.807, 2.05) is 30.3 Å². The van der Waals surface area contributed by atoms with Crippen LogP contribution in [0.3, 0.4) is 0 Å². The molecule has 5 rings (SSSR count). The van der Waals surface area contributed by atoms with Crippen molar-refractivity contribution >= 4 is 51.7 Å². The number of amides is 4. The molecule has 0 saturated carbocycles. The lowest BCUT2D eigenvalue weighted by Crippen LogP contribution is -2.45. The second-order valence-corrected chi connectivity index (χ2v) is 8.71. The monoisotopic (exact) mass is 516 g/mol. The fourth-order valence-corrected chi connectivity index (χ4v) is 4.47. The van der Waals surface area contributed by atoms with Crippen LogP contribution in [-0.2, 0) is 19.2 Å². The molecule has 11 nitrogen and oxygen atoms in total. The van der Waals surface area contributed by atoms with Crippen molar-refractivity contribution < 1.29 is 33.5 Å². The molecule has 0 bridgehead atoms. The Labute approximate surface area is 217 Å². The van der Waals surface area contributed by atoms with Gasteiger partial charge in [-0.1, -0.05) is 12.1 Å². The average molecular weight is 517 g/mol. The summed E-state index contributed by atoms with van der Waals surface area (Å²) in [5.41, 5.74) is 2.22. The highest BCUT2D eigenvalue weighted by Gasteiger charge is 2.37. The van der Waals surface area contributed by atoms with Gasteiger partial charge >= 0.3 is 5.97 Å². The molecule has 0 radical (unpaired) electrons. The zero-order chi connectivity index (χ0) is 26.8. The highest BCUT2D eigenvalue weighted by Crippen LogP contribution is 2.34. The molecule has 1 fully saturated rings. The van der Waals surface area contributed by atoms with Crippen LogP contribution in [0.1, 0.15) is 33.6 Å². The number of carbonyl (C=O) groups excluding carboxylic acids is 5. The van der Waals surface area contributed by atoms with E-state index in [-0.39, 0.29) is 24.0 Å². The summed E-state index contributed by atoms with van der Waals surface area (Å²) in [5.74, 6) is -2.91. The van der Waals surface area contributed by atoms with Crippen molar-refractivity contribution in [1.82, 2.24) is 9.96 Å². The lowest BCUT2D eigenvalue weighted by molar-refractivity contribution is -0.197. The molecule has 2 aliphatic heterocycles. The van der Waals surface area contributed by atoms with Crippen molar-refractivity contribution in [2.45, 2.75) is 12.8 Å². The van der Waals surface area contributed by atoms with E-state index in [1.54, 1.807) is 31.4 Å². The number of anilines is 2. The van der Waals surface area contributed by atoms with Crippen molar-refractivity contribution in [2.75, 3.05) is 37.4 Å². The first kappa shape index (κ1) is 24.8. The first-order valence-electron chi connectivity index (χ1n) is 12.0. The highest BCUT2D eigenvalue weighted by molar-refractivity contribution is 6.27. The third-order valence-electron chi connectivity index (χ3n) is 6.34. The van der Waals surface area contributed by atoms with E-state index in [0.717, 1.165) is 22.0 Å². The Morgan fingerprint density at radius 2 is 1.50 bits per heavy atom. The van der Waals surface area contributed by atoms with Gasteiger partial charge in [-0.05, 0) is 42.5 Å². The largest absolute Gasteiger partial charge is 0.497 e. The van der Waals surface area contributed by atoms with E-state index in [4.69, 9.17) is 9.57 Å². The summed E-state index contributed by atoms with van der Waals surface area (Å²) >= 11 is 0. The maximum Gasteiger partial charge on any atom is 0.352 e. The summed E-state index contributed by atoms with van der Waals surface area (Å²) in [6.45, 7) is 0.450. The fraction of sp³-hybridized carbons (Fsp3) is 0.222. The standard InChI is InChI=1S/C27H24N4O7/c1-37-17-7-5-16(6-8-17)28-13-14-29-21-10-9-20-25-18(21)3-2-4-19(25)26(35)30(27(20)36)15-24(34)38-31-22(32)11-12-23(31)33/h2-10,28-29H,11-15H2,1H3. The average Bonchev–Trinajstić information content (AvgIpc) is 3.24. The van der Waals surface area contributed by atoms with Crippen LogP contribution in [0.15, 0.2) is 54.6 Å². The van der Waals surface area contributed by atoms with Crippen LogP contribution in [0.5, 0.6) is 5.75 Å². The second kappa shape index (κ2) is 10.2. The molecule has 2 aliphatic rings. The number of benzene rings is 3. The summed E-state index contributed by atoms with van der Waals surface area (Å²) in [5, 5.41) is 8.22. The molecular formula is C27H24N4O7. The van der Waals surface area contributed by atoms with E-state index in [1.165, 1.54) is 0 Å². The quantitative estimate of drug-likeness (QED) is 0.325. The van der Waals surface area contributed by atoms with Crippen LogP contribution < -0.4 is 15.4 Å². The van der Waals surface area contributed by atoms with Crippen molar-refractivity contribution in [3.05, 3.63) is 65.7 Å². The van der Waals surface area contributed by atoms with Crippen LogP contribution in [0.2, 0.25) is 0 Å². The smallest absolute Gasteiger partial charge is 0.352 e. The Hall–Kier alpha value is -4.93. The Balaban J connectivity index is 1.29. The zero-order valence-corrected chi connectivity index (χ0v) is 20.5. The SMILES string of the molecule is COc1ccc(NCCNc2ccc3c4c(cccc24)C(=O)N(CC(=O)ON2C(=O)CCC2=O)C3=O)cc1. The number of carbonyl (C=O) groups is 5. The van der Waals surface area contributed by atoms with Gasteiger partial charge in [-0.3, -0.25) is 24.1 Å². The summed E-state index contributed by atoms with van der Waals surface area (Å²) in [6, 6.07) is 16.0. The van der Waals surface area contributed by atoms with Crippen molar-refractivity contribution in [2.24, 2.45) is 0 Å². The van der Waals surface area contributed by atoms with E-state index in [0.29, 0.717) is 28.9 Å². The molecule has 0 aromatic heterocycles. The minimum atomic E-state index is -1.06. The summed E-state index contributed by atoms with van der Waals surface area (Å²) in [6.07, 6.45) is -0.117. The summed E-state index contributed by atoms with van der Waals surface area (Å²) in [4.78, 5) is 67.8. The molecular weight excluding hydrogens is 492 g/mol. The van der Waals surface area contributed by atoms with Gasteiger partial charge in [0.25, 0.3) is 23.6 Å². The predicted molar refractivity (Wildman–Crippen MR) is 136 cm³/mol. The number of imide groups is 2. The molecule has 0 aliphatic carbocycles. The maximum atomic E-state index is 13.2. The first-order chi connectivity index (χ1) is 18.4. The van der Waals surface area contributed by atoms with E-state index >= 15 is 0 Å². The molecule has 0 unspecified atom stereocenters. The number of nitrogens with zero attached hydrogens (tertiary/aromatic N) is 2. The number of rotatable bonds is 9. The number of nitrogens with one attached hydrogen (secondary N) is 2. The lowest BCUT2D eigenvalue weighted by atomic mass is 9.93. The fourth-order valence-electron chi connectivity index (χ4n) is 4.47. The number of ether oxygens (including phenoxy) is 1. The molecule has 0 atom stereocenters. The third kappa shape index (κ3) is 4.61. The summed E-state index contributed by atoms with van der Waals surface area (Å²) in [7, 11) is 1.61. The molecule has 38 heavy (non-hydrogen) atoms. The van der Waals surface area contributed by atoms with Crippen molar-refractivity contribution in [3.63, 3.8) is 0 Å². The van der Waals surface area contributed by atoms with Gasteiger partial charge in [0.05, 0.1) is 7.11 Å². The predicted octanol–water partition coefficient (Wildman–Crippen LogP) is 2.58. The molecule has 2 heterocycles. The van der Waals surface area contributed by atoms with Gasteiger partial charge in [0, 0.05) is 59.2 Å². The van der Waals surface area contributed by atoms with Gasteiger partial charge in [0.2, 0.25) is 0 Å². The van der Waals surface area contributed by atoms with Gasteiger partial charge < -0.3 is 20.2 Å². The molecule has 3 aromatic rings. The van der Waals surface area contributed by atoms with Crippen LogP contribution in [0.4, 0.5) is 11.4 Å². The van der Waals surface area contributed by atoms with E-state index in [2.05, 4.69) is 10.6 Å². The molecule has 3 aromatic carbocycles. The van der Waals surface area contributed by atoms with Gasteiger partial charge in [0.15, 0.2) is 0 Å². The number of hydrogen-bond acceptors (Lipinski definition) is 9. The topological polar surface area (TPSA) is 134 Å². The Bertz CT molecular complexity index is 1430. The van der Waals surface area contributed by atoms with Gasteiger partial charge in [-0.25, -0.2) is 4.79 Å². The minimum absolute atomic E-state index is 0.0586. The van der Waals surface area contributed by atoms with Crippen LogP contribution in [-0.4, -0.2) is 66.3 Å². The molecule has 2 N–H and O–H groups in total. The van der Waals surface area contributed by atoms with Crippen molar-refractivity contribution in [3.8, 4) is 5.75 Å². The van der Waals surface area contributed by atoms with Gasteiger partial charge in [0.1, 0.15) is 12.3 Å². The molecule has 194 valence electrons. The number of hydrogen-bond donors (Lipinski definition) is 2. The highest BCUT2D eigenvalue weighted by atomic mass is 16.7. The van der Waals surface area contributed by atoms with Crippen LogP contribution in [0, 0.1) is 0 Å². The maximum absolute atomic E-state index is 13.2. The number of hydroxylamine groups is 2. The second-order valence-electron chi connectivity index (χ2n) is 8.71. The number of methoxy groups -OCH3 is 1. The Kier molecular flexibility index (Phi) is 6.65. The van der Waals surface area contributed by atoms with Gasteiger partial charge in [-0.15, -0.1) is 5.06 Å². The Morgan fingerprint density at radius 3 is 2.18 bits per heavy atom. The van der Waals surface area contributed by atoms with Gasteiger partial charge in [-0.2, -0.15) is 0 Å². The lowest BCUT2D eigenvalue weighted by Gasteiger charge is -2.27. The first-order valence-corrected chi connectivity index (χ1v) is 12.0. The normalized spacial score (nSPS) is 14.8. The molecule has 0 spiro atoms. The van der Waals surface area contributed by atoms with Crippen molar-refractivity contribution in [1.29, 1.82) is 0 Å². The Morgan fingerprint density at radius 1 is 0.842 bits per heavy atom. The molecule has 11 heteroatoms. The summed E-state index contributed by atoms with van der Waals surface area (Å²) < 4.78 is 5.16. The third-order valence-corrected chi connectivity index (χ3v) is 6.34. The minimum Gasteiger partial charge on any atom is -0.497 e. The zero-order valence-electron chi connectivity index (χ0n) is 20.5. The van der Waals surface area contributed by atoms with Crippen LogP contribution >= 0.6 is 0 Å². The van der Waals surface area contributed by atoms with Crippen LogP contribution in [0.25, 0.3) is 10.8 Å². The van der Waals surface area contributed by atoms with E-state index < -0.39 is 36.1 Å². The van der Waals surface area contributed by atoms with E-state index in [9.17, 15) is 24.0 Å². The molecule has 4 amide bonds. The molecule has 1 saturated heterocycles.